The Kier molecular flexibility index (Phi) is 5.45. The predicted octanol–water partition coefficient (Wildman–Crippen LogP) is 3.50. The van der Waals surface area contributed by atoms with Crippen molar-refractivity contribution in [3.05, 3.63) is 59.3 Å². The van der Waals surface area contributed by atoms with Gasteiger partial charge in [-0.25, -0.2) is 9.97 Å². The molecule has 0 saturated carbocycles. The molecular weight excluding hydrogens is 362 g/mol. The first-order chi connectivity index (χ1) is 14.1. The zero-order valence-electron chi connectivity index (χ0n) is 17.3. The van der Waals surface area contributed by atoms with Crippen LogP contribution in [0.2, 0.25) is 0 Å². The number of amides is 1. The minimum atomic E-state index is -0.207. The molecule has 6 nitrogen and oxygen atoms in total. The minimum Gasteiger partial charge on any atom is -0.352 e. The van der Waals surface area contributed by atoms with Crippen molar-refractivity contribution in [2.75, 3.05) is 43.4 Å². The number of likely N-dealkylation sites (N-methyl/N-ethyl adjacent to an activating group) is 1. The van der Waals surface area contributed by atoms with E-state index in [2.05, 4.69) is 35.2 Å². The Hall–Kier alpha value is -2.99. The number of rotatable bonds is 4. The van der Waals surface area contributed by atoms with Crippen LogP contribution in [0.5, 0.6) is 0 Å². The Morgan fingerprint density at radius 2 is 1.69 bits per heavy atom. The first-order valence-electron chi connectivity index (χ1n) is 10.2. The predicted molar refractivity (Wildman–Crippen MR) is 118 cm³/mol. The number of hydrogen-bond acceptors (Lipinski definition) is 5. The molecule has 2 heterocycles. The lowest BCUT2D eigenvalue weighted by atomic mass is 10.1. The van der Waals surface area contributed by atoms with Gasteiger partial charge in [-0.05, 0) is 43.7 Å². The van der Waals surface area contributed by atoms with E-state index < -0.39 is 0 Å². The van der Waals surface area contributed by atoms with E-state index in [1.165, 1.54) is 0 Å². The number of aryl methyl sites for hydroxylation is 2. The molecule has 3 aromatic rings. The number of benzene rings is 2. The number of nitrogens with zero attached hydrogens (tertiary/aromatic N) is 4. The van der Waals surface area contributed by atoms with E-state index in [1.54, 1.807) is 0 Å². The second-order valence-corrected chi connectivity index (χ2v) is 7.59. The molecule has 0 radical (unpaired) electrons. The molecule has 1 aliphatic heterocycles. The van der Waals surface area contributed by atoms with Gasteiger partial charge in [-0.3, -0.25) is 4.79 Å². The zero-order valence-corrected chi connectivity index (χ0v) is 17.3. The van der Waals surface area contributed by atoms with Gasteiger partial charge in [0, 0.05) is 31.9 Å². The third-order valence-corrected chi connectivity index (χ3v) is 5.55. The number of para-hydroxylation sites is 3. The molecule has 0 atom stereocenters. The van der Waals surface area contributed by atoms with Crippen molar-refractivity contribution in [3.8, 4) is 0 Å². The highest BCUT2D eigenvalue weighted by atomic mass is 16.1. The highest BCUT2D eigenvalue weighted by Crippen LogP contribution is 2.26. The standard InChI is InChI=1S/C23H27N5O/c1-4-17-9-7-8-16(2)20(17)26-23(29)21-22(28-14-12-27(3)13-15-28)25-19-11-6-5-10-18(19)24-21/h5-11H,4,12-15H2,1-3H3,(H,26,29). The molecule has 6 heteroatoms. The molecule has 1 saturated heterocycles. The van der Waals surface area contributed by atoms with Gasteiger partial charge >= 0.3 is 0 Å². The molecule has 0 unspecified atom stereocenters. The summed E-state index contributed by atoms with van der Waals surface area (Å²) in [5.41, 5.74) is 4.97. The van der Waals surface area contributed by atoms with Crippen LogP contribution in [-0.4, -0.2) is 54.0 Å². The molecule has 0 bridgehead atoms. The van der Waals surface area contributed by atoms with Crippen molar-refractivity contribution in [2.45, 2.75) is 20.3 Å². The Labute approximate surface area is 171 Å². The average molecular weight is 390 g/mol. The number of carbonyl (C=O) groups is 1. The molecule has 0 aliphatic carbocycles. The number of piperazine rings is 1. The summed E-state index contributed by atoms with van der Waals surface area (Å²) >= 11 is 0. The van der Waals surface area contributed by atoms with Gasteiger partial charge in [0.15, 0.2) is 11.5 Å². The van der Waals surface area contributed by atoms with E-state index in [-0.39, 0.29) is 5.91 Å². The quantitative estimate of drug-likeness (QED) is 0.740. The number of anilines is 2. The summed E-state index contributed by atoms with van der Waals surface area (Å²) in [6, 6.07) is 13.8. The van der Waals surface area contributed by atoms with Crippen molar-refractivity contribution < 1.29 is 4.79 Å². The topological polar surface area (TPSA) is 61.4 Å². The Bertz CT molecular complexity index is 1040. The van der Waals surface area contributed by atoms with Crippen LogP contribution in [0.25, 0.3) is 11.0 Å². The van der Waals surface area contributed by atoms with E-state index >= 15 is 0 Å². The van der Waals surface area contributed by atoms with Crippen LogP contribution in [0.4, 0.5) is 11.5 Å². The summed E-state index contributed by atoms with van der Waals surface area (Å²) in [5, 5.41) is 3.12. The fourth-order valence-electron chi connectivity index (χ4n) is 3.76. The maximum absolute atomic E-state index is 13.4. The first kappa shape index (κ1) is 19.3. The number of fused-ring (bicyclic) bond motifs is 1. The van der Waals surface area contributed by atoms with E-state index in [9.17, 15) is 4.79 Å². The number of carbonyl (C=O) groups excluding carboxylic acids is 1. The lowest BCUT2D eigenvalue weighted by Crippen LogP contribution is -2.45. The molecule has 29 heavy (non-hydrogen) atoms. The number of nitrogens with one attached hydrogen (secondary N) is 1. The Balaban J connectivity index is 1.75. The maximum atomic E-state index is 13.4. The first-order valence-corrected chi connectivity index (χ1v) is 10.2. The molecule has 1 fully saturated rings. The lowest BCUT2D eigenvalue weighted by molar-refractivity contribution is 0.102. The smallest absolute Gasteiger partial charge is 0.278 e. The Morgan fingerprint density at radius 3 is 2.38 bits per heavy atom. The van der Waals surface area contributed by atoms with Gasteiger partial charge < -0.3 is 15.1 Å². The van der Waals surface area contributed by atoms with Gasteiger partial charge in [-0.1, -0.05) is 37.3 Å². The van der Waals surface area contributed by atoms with Crippen LogP contribution in [0.3, 0.4) is 0 Å². The van der Waals surface area contributed by atoms with E-state index in [0.717, 1.165) is 60.4 Å². The molecule has 2 aromatic carbocycles. The molecular formula is C23H27N5O. The summed E-state index contributed by atoms with van der Waals surface area (Å²) in [6.07, 6.45) is 0.853. The second kappa shape index (κ2) is 8.17. The monoisotopic (exact) mass is 389 g/mol. The Morgan fingerprint density at radius 1 is 1.00 bits per heavy atom. The summed E-state index contributed by atoms with van der Waals surface area (Å²) in [6.45, 7) is 7.64. The summed E-state index contributed by atoms with van der Waals surface area (Å²) < 4.78 is 0. The lowest BCUT2D eigenvalue weighted by Gasteiger charge is -2.33. The van der Waals surface area contributed by atoms with Crippen LogP contribution in [0, 0.1) is 6.92 Å². The molecule has 0 spiro atoms. The maximum Gasteiger partial charge on any atom is 0.278 e. The fourth-order valence-corrected chi connectivity index (χ4v) is 3.76. The van der Waals surface area contributed by atoms with Crippen LogP contribution < -0.4 is 10.2 Å². The zero-order chi connectivity index (χ0) is 20.4. The largest absolute Gasteiger partial charge is 0.352 e. The van der Waals surface area contributed by atoms with E-state index in [1.807, 2.05) is 43.3 Å². The van der Waals surface area contributed by atoms with Crippen molar-refractivity contribution >= 4 is 28.4 Å². The molecule has 1 aromatic heterocycles. The third kappa shape index (κ3) is 3.93. The molecule has 1 amide bonds. The van der Waals surface area contributed by atoms with Crippen LogP contribution in [-0.2, 0) is 6.42 Å². The van der Waals surface area contributed by atoms with Crippen molar-refractivity contribution in [1.29, 1.82) is 0 Å². The van der Waals surface area contributed by atoms with Crippen molar-refractivity contribution in [3.63, 3.8) is 0 Å². The number of hydrogen-bond donors (Lipinski definition) is 1. The summed E-state index contributed by atoms with van der Waals surface area (Å²) in [5.74, 6) is 0.460. The molecule has 1 N–H and O–H groups in total. The van der Waals surface area contributed by atoms with Crippen molar-refractivity contribution in [1.82, 2.24) is 14.9 Å². The highest BCUT2D eigenvalue weighted by molar-refractivity contribution is 6.08. The van der Waals surface area contributed by atoms with Crippen LogP contribution >= 0.6 is 0 Å². The van der Waals surface area contributed by atoms with Crippen LogP contribution in [0.1, 0.15) is 28.5 Å². The highest BCUT2D eigenvalue weighted by Gasteiger charge is 2.24. The van der Waals surface area contributed by atoms with Gasteiger partial charge in [0.1, 0.15) is 0 Å². The summed E-state index contributed by atoms with van der Waals surface area (Å²) in [4.78, 5) is 27.4. The number of aromatic nitrogens is 2. The van der Waals surface area contributed by atoms with Gasteiger partial charge in [0.25, 0.3) is 5.91 Å². The van der Waals surface area contributed by atoms with Gasteiger partial charge in [-0.15, -0.1) is 0 Å². The van der Waals surface area contributed by atoms with Crippen molar-refractivity contribution in [2.24, 2.45) is 0 Å². The molecule has 150 valence electrons. The fraction of sp³-hybridized carbons (Fsp3) is 0.348. The van der Waals surface area contributed by atoms with Gasteiger partial charge in [0.05, 0.1) is 11.0 Å². The van der Waals surface area contributed by atoms with Gasteiger partial charge in [-0.2, -0.15) is 0 Å². The second-order valence-electron chi connectivity index (χ2n) is 7.59. The molecule has 1 aliphatic rings. The van der Waals surface area contributed by atoms with E-state index in [0.29, 0.717) is 11.5 Å². The minimum absolute atomic E-state index is 0.207. The van der Waals surface area contributed by atoms with Crippen LogP contribution in [0.15, 0.2) is 42.5 Å². The molecule has 4 rings (SSSR count). The van der Waals surface area contributed by atoms with E-state index in [4.69, 9.17) is 9.97 Å². The van der Waals surface area contributed by atoms with Gasteiger partial charge in [0.2, 0.25) is 0 Å². The normalized spacial score (nSPS) is 14.9. The average Bonchev–Trinajstić information content (AvgIpc) is 2.74. The SMILES string of the molecule is CCc1cccc(C)c1NC(=O)c1nc2ccccc2nc1N1CCN(C)CC1. The summed E-state index contributed by atoms with van der Waals surface area (Å²) in [7, 11) is 2.11. The third-order valence-electron chi connectivity index (χ3n) is 5.55.